The molecule has 18 heavy (non-hydrogen) atoms. The van der Waals surface area contributed by atoms with E-state index in [9.17, 15) is 9.59 Å². The summed E-state index contributed by atoms with van der Waals surface area (Å²) < 4.78 is 0. The van der Waals surface area contributed by atoms with Crippen LogP contribution in [0.3, 0.4) is 0 Å². The summed E-state index contributed by atoms with van der Waals surface area (Å²) in [4.78, 5) is 19.9. The summed E-state index contributed by atoms with van der Waals surface area (Å²) in [7, 11) is 0. The van der Waals surface area contributed by atoms with Gasteiger partial charge in [-0.25, -0.2) is 9.59 Å². The van der Waals surface area contributed by atoms with Crippen LogP contribution in [0.2, 0.25) is 0 Å². The van der Waals surface area contributed by atoms with Gasteiger partial charge in [0.25, 0.3) is 0 Å². The Balaban J connectivity index is 0. The van der Waals surface area contributed by atoms with E-state index >= 15 is 0 Å². The molecule has 0 amide bonds. The average molecular weight is 256 g/mol. The Labute approximate surface area is 109 Å². The first-order chi connectivity index (χ1) is 8.40. The molecule has 0 heterocycles. The minimum absolute atomic E-state index is 0.170. The highest BCUT2D eigenvalue weighted by Crippen LogP contribution is 2.20. The van der Waals surface area contributed by atoms with E-state index < -0.39 is 11.9 Å². The highest BCUT2D eigenvalue weighted by molar-refractivity contribution is 5.86. The smallest absolute Gasteiger partial charge is 0.331 e. The first kappa shape index (κ1) is 18.8. The lowest BCUT2D eigenvalue weighted by Crippen LogP contribution is -2.10. The van der Waals surface area contributed by atoms with Crippen molar-refractivity contribution in [2.24, 2.45) is 5.92 Å². The van der Waals surface area contributed by atoms with Crippen LogP contribution in [0.4, 0.5) is 0 Å². The molecule has 0 rings (SSSR count). The van der Waals surface area contributed by atoms with Gasteiger partial charge in [0, 0.05) is 11.6 Å². The molecule has 0 saturated heterocycles. The lowest BCUT2D eigenvalue weighted by Gasteiger charge is -2.13. The van der Waals surface area contributed by atoms with E-state index in [0.29, 0.717) is 5.57 Å². The Hall–Kier alpha value is -1.58. The van der Waals surface area contributed by atoms with Crippen LogP contribution in [-0.4, -0.2) is 22.2 Å². The zero-order valence-electron chi connectivity index (χ0n) is 11.3. The van der Waals surface area contributed by atoms with E-state index in [4.69, 9.17) is 10.2 Å². The Morgan fingerprint density at radius 1 is 1.22 bits per heavy atom. The van der Waals surface area contributed by atoms with Gasteiger partial charge in [-0.1, -0.05) is 46.3 Å². The second kappa shape index (κ2) is 11.9. The third kappa shape index (κ3) is 10.9. The fourth-order valence-corrected chi connectivity index (χ4v) is 1.44. The van der Waals surface area contributed by atoms with Crippen molar-refractivity contribution < 1.29 is 19.8 Å². The maximum Gasteiger partial charge on any atom is 0.331 e. The molecule has 0 bridgehead atoms. The van der Waals surface area contributed by atoms with E-state index in [1.54, 1.807) is 0 Å². The number of hydrogen-bond donors (Lipinski definition) is 2. The van der Waals surface area contributed by atoms with Gasteiger partial charge in [0.1, 0.15) is 0 Å². The van der Waals surface area contributed by atoms with Crippen LogP contribution in [0, 0.1) is 5.92 Å². The van der Waals surface area contributed by atoms with Gasteiger partial charge in [-0.2, -0.15) is 0 Å². The highest BCUT2D eigenvalue weighted by atomic mass is 16.4. The molecule has 0 aliphatic carbocycles. The maximum absolute atomic E-state index is 10.6. The fourth-order valence-electron chi connectivity index (χ4n) is 1.44. The van der Waals surface area contributed by atoms with E-state index in [1.807, 2.05) is 6.92 Å². The predicted molar refractivity (Wildman–Crippen MR) is 72.5 cm³/mol. The lowest BCUT2D eigenvalue weighted by molar-refractivity contribution is -0.133. The molecule has 0 aliphatic rings. The van der Waals surface area contributed by atoms with E-state index in [2.05, 4.69) is 20.1 Å². The van der Waals surface area contributed by atoms with Crippen LogP contribution in [0.1, 0.15) is 46.0 Å². The summed E-state index contributed by atoms with van der Waals surface area (Å²) in [6.45, 7) is 10.7. The van der Waals surface area contributed by atoms with Gasteiger partial charge < -0.3 is 10.2 Å². The van der Waals surface area contributed by atoms with Gasteiger partial charge in [-0.05, 0) is 18.8 Å². The monoisotopic (exact) mass is 256 g/mol. The van der Waals surface area contributed by atoms with E-state index in [1.165, 1.54) is 12.8 Å². The second-order valence-corrected chi connectivity index (χ2v) is 3.97. The normalized spacial score (nSPS) is 10.8. The quantitative estimate of drug-likeness (QED) is 0.515. The number of carboxylic acids is 2. The molecule has 0 aromatic heterocycles. The van der Waals surface area contributed by atoms with Crippen molar-refractivity contribution in [3.05, 3.63) is 24.8 Å². The van der Waals surface area contributed by atoms with Crippen LogP contribution < -0.4 is 0 Å². The molecule has 1 atom stereocenters. The van der Waals surface area contributed by atoms with Crippen LogP contribution in [0.15, 0.2) is 24.8 Å². The lowest BCUT2D eigenvalue weighted by atomic mass is 9.92. The number of aliphatic carboxylic acids is 2. The van der Waals surface area contributed by atoms with Crippen molar-refractivity contribution in [2.45, 2.75) is 46.0 Å². The summed E-state index contributed by atoms with van der Waals surface area (Å²) >= 11 is 0. The number of carboxylic acid groups (broad SMARTS) is 2. The Morgan fingerprint density at radius 3 is 2.00 bits per heavy atom. The zero-order valence-corrected chi connectivity index (χ0v) is 11.3. The molecular formula is C14H24O4. The van der Waals surface area contributed by atoms with E-state index in [0.717, 1.165) is 25.3 Å². The molecule has 4 heteroatoms. The molecular weight excluding hydrogens is 232 g/mol. The standard InChI is InChI=1S/C11H20O2.C3H4O2/c1-4-6-7-8-10(5-2)9(3)11(12)13;1-2-3(4)5/h10H,3-8H2,1-2H3,(H,12,13);2H,1H2,(H,4,5). The molecule has 0 aromatic carbocycles. The van der Waals surface area contributed by atoms with Gasteiger partial charge in [0.2, 0.25) is 0 Å². The first-order valence-corrected chi connectivity index (χ1v) is 6.18. The predicted octanol–water partition coefficient (Wildman–Crippen LogP) is 3.49. The molecule has 0 aliphatic heterocycles. The highest BCUT2D eigenvalue weighted by Gasteiger charge is 2.15. The van der Waals surface area contributed by atoms with E-state index in [-0.39, 0.29) is 5.92 Å². The molecule has 0 radical (unpaired) electrons. The minimum atomic E-state index is -0.981. The van der Waals surface area contributed by atoms with Gasteiger partial charge in [0.05, 0.1) is 0 Å². The summed E-state index contributed by atoms with van der Waals surface area (Å²) in [5, 5.41) is 16.3. The van der Waals surface area contributed by atoms with Gasteiger partial charge in [-0.15, -0.1) is 0 Å². The van der Waals surface area contributed by atoms with Crippen LogP contribution in [-0.2, 0) is 9.59 Å². The maximum atomic E-state index is 10.6. The summed E-state index contributed by atoms with van der Waals surface area (Å²) in [5.41, 5.74) is 0.374. The van der Waals surface area contributed by atoms with Crippen molar-refractivity contribution in [1.82, 2.24) is 0 Å². The number of rotatable bonds is 8. The Morgan fingerprint density at radius 2 is 1.72 bits per heavy atom. The molecule has 4 nitrogen and oxygen atoms in total. The number of unbranched alkanes of at least 4 members (excludes halogenated alkanes) is 2. The third-order valence-corrected chi connectivity index (χ3v) is 2.59. The van der Waals surface area contributed by atoms with Gasteiger partial charge >= 0.3 is 11.9 Å². The number of hydrogen-bond acceptors (Lipinski definition) is 2. The van der Waals surface area contributed by atoms with Crippen molar-refractivity contribution in [3.63, 3.8) is 0 Å². The molecule has 104 valence electrons. The van der Waals surface area contributed by atoms with Crippen molar-refractivity contribution >= 4 is 11.9 Å². The SMILES string of the molecule is C=C(C(=O)O)C(CC)CCCCC.C=CC(=O)O. The zero-order chi connectivity index (χ0) is 14.6. The molecule has 0 fully saturated rings. The molecule has 0 spiro atoms. The molecule has 1 unspecified atom stereocenters. The molecule has 2 N–H and O–H groups in total. The largest absolute Gasteiger partial charge is 0.478 e. The van der Waals surface area contributed by atoms with Gasteiger partial charge in [0.15, 0.2) is 0 Å². The minimum Gasteiger partial charge on any atom is -0.478 e. The topological polar surface area (TPSA) is 74.6 Å². The first-order valence-electron chi connectivity index (χ1n) is 6.18. The van der Waals surface area contributed by atoms with Crippen molar-refractivity contribution in [1.29, 1.82) is 0 Å². The molecule has 0 aromatic rings. The summed E-state index contributed by atoms with van der Waals surface area (Å²) in [6, 6.07) is 0. The fraction of sp³-hybridized carbons (Fsp3) is 0.571. The summed E-state index contributed by atoms with van der Waals surface area (Å²) in [5.74, 6) is -1.66. The Bertz CT molecular complexity index is 282. The van der Waals surface area contributed by atoms with Crippen molar-refractivity contribution in [3.8, 4) is 0 Å². The second-order valence-electron chi connectivity index (χ2n) is 3.97. The number of carbonyl (C=O) groups is 2. The average Bonchev–Trinajstić information content (AvgIpc) is 2.34. The molecule has 0 saturated carbocycles. The Kier molecular flexibility index (Phi) is 12.4. The van der Waals surface area contributed by atoms with Crippen LogP contribution in [0.25, 0.3) is 0 Å². The summed E-state index contributed by atoms with van der Waals surface area (Å²) in [6.07, 6.45) is 6.16. The third-order valence-electron chi connectivity index (χ3n) is 2.59. The van der Waals surface area contributed by atoms with Crippen LogP contribution >= 0.6 is 0 Å². The van der Waals surface area contributed by atoms with Crippen LogP contribution in [0.5, 0.6) is 0 Å². The van der Waals surface area contributed by atoms with Gasteiger partial charge in [-0.3, -0.25) is 0 Å². The van der Waals surface area contributed by atoms with Crippen molar-refractivity contribution in [2.75, 3.05) is 0 Å².